The molecule has 0 amide bonds. The third-order valence-electron chi connectivity index (χ3n) is 2.34. The smallest absolute Gasteiger partial charge is 0.0662 e. The van der Waals surface area contributed by atoms with Gasteiger partial charge in [-0.3, -0.25) is 4.99 Å². The van der Waals surface area contributed by atoms with Crippen molar-refractivity contribution in [3.63, 3.8) is 0 Å². The molecule has 78 valence electrons. The van der Waals surface area contributed by atoms with Crippen molar-refractivity contribution in [2.24, 2.45) is 10.7 Å². The van der Waals surface area contributed by atoms with Gasteiger partial charge in [-0.2, -0.15) is 0 Å². The second-order valence-electron chi connectivity index (χ2n) is 3.72. The number of aliphatic hydroxyl groups excluding tert-OH is 1. The molecule has 0 aromatic heterocycles. The van der Waals surface area contributed by atoms with Crippen LogP contribution in [0.2, 0.25) is 0 Å². The number of aliphatic hydroxyl groups is 1. The number of unbranched alkanes of at least 4 members (excludes halogenated alkanes) is 1. The number of nitrogens with two attached hydrogens (primary N) is 1. The van der Waals surface area contributed by atoms with E-state index in [-0.39, 0.29) is 6.04 Å². The van der Waals surface area contributed by atoms with Crippen molar-refractivity contribution in [2.75, 3.05) is 0 Å². The van der Waals surface area contributed by atoms with E-state index in [1.165, 1.54) is 0 Å². The van der Waals surface area contributed by atoms with Crippen LogP contribution < -0.4 is 5.73 Å². The fourth-order valence-electron chi connectivity index (χ4n) is 1.15. The summed E-state index contributed by atoms with van der Waals surface area (Å²) >= 11 is 0. The quantitative estimate of drug-likeness (QED) is 0.465. The lowest BCUT2D eigenvalue weighted by atomic mass is 10.0. The Balaban J connectivity index is 3.30. The Morgan fingerprint density at radius 3 is 2.31 bits per heavy atom. The van der Waals surface area contributed by atoms with Crippen LogP contribution in [0, 0.1) is 0 Å². The molecule has 0 aromatic rings. The molecule has 0 rings (SSSR count). The van der Waals surface area contributed by atoms with Gasteiger partial charge in [-0.15, -0.1) is 0 Å². The fourth-order valence-corrected chi connectivity index (χ4v) is 1.15. The summed E-state index contributed by atoms with van der Waals surface area (Å²) in [5.74, 6) is 0. The van der Waals surface area contributed by atoms with Crippen LogP contribution in [0.1, 0.15) is 39.5 Å². The van der Waals surface area contributed by atoms with Crippen molar-refractivity contribution < 1.29 is 5.11 Å². The Kier molecular flexibility index (Phi) is 6.82. The monoisotopic (exact) mass is 186 g/mol. The van der Waals surface area contributed by atoms with E-state index in [1.54, 1.807) is 6.92 Å². The maximum Gasteiger partial charge on any atom is 0.0662 e. The van der Waals surface area contributed by atoms with Crippen LogP contribution in [0.25, 0.3) is 0 Å². The molecule has 0 aliphatic heterocycles. The molecular weight excluding hydrogens is 164 g/mol. The molecule has 3 N–H and O–H groups in total. The topological polar surface area (TPSA) is 58.6 Å². The lowest BCUT2D eigenvalue weighted by Gasteiger charge is -2.14. The third kappa shape index (κ3) is 6.72. The van der Waals surface area contributed by atoms with Crippen LogP contribution >= 0.6 is 0 Å². The van der Waals surface area contributed by atoms with Gasteiger partial charge in [0.1, 0.15) is 0 Å². The average Bonchev–Trinajstić information content (AvgIpc) is 2.11. The summed E-state index contributed by atoms with van der Waals surface area (Å²) < 4.78 is 0. The van der Waals surface area contributed by atoms with Gasteiger partial charge in [-0.05, 0) is 33.4 Å². The van der Waals surface area contributed by atoms with Crippen LogP contribution in [0.15, 0.2) is 4.99 Å². The normalized spacial score (nSPS) is 17.8. The van der Waals surface area contributed by atoms with E-state index in [2.05, 4.69) is 18.6 Å². The number of rotatable bonds is 7. The SMILES string of the molecule is C=NC(C)CCCCC(N)C(C)O. The van der Waals surface area contributed by atoms with Gasteiger partial charge < -0.3 is 10.8 Å². The molecular formula is C10H22N2O. The second-order valence-corrected chi connectivity index (χ2v) is 3.72. The number of hydrogen-bond acceptors (Lipinski definition) is 3. The Morgan fingerprint density at radius 1 is 1.31 bits per heavy atom. The van der Waals surface area contributed by atoms with Crippen molar-refractivity contribution in [1.82, 2.24) is 0 Å². The molecule has 0 aromatic carbocycles. The molecule has 0 saturated carbocycles. The van der Waals surface area contributed by atoms with Crippen molar-refractivity contribution in [1.29, 1.82) is 0 Å². The maximum absolute atomic E-state index is 9.12. The van der Waals surface area contributed by atoms with Crippen LogP contribution in [-0.2, 0) is 0 Å². The van der Waals surface area contributed by atoms with Gasteiger partial charge in [0.2, 0.25) is 0 Å². The molecule has 3 atom stereocenters. The maximum atomic E-state index is 9.12. The minimum atomic E-state index is -0.394. The fraction of sp³-hybridized carbons (Fsp3) is 0.900. The zero-order valence-corrected chi connectivity index (χ0v) is 8.74. The number of aliphatic imine (C=N–C) groups is 1. The van der Waals surface area contributed by atoms with E-state index in [1.807, 2.05) is 0 Å². The first-order valence-corrected chi connectivity index (χ1v) is 4.97. The highest BCUT2D eigenvalue weighted by molar-refractivity contribution is 5.23. The second kappa shape index (κ2) is 7.04. The summed E-state index contributed by atoms with van der Waals surface area (Å²) in [4.78, 5) is 3.91. The minimum absolute atomic E-state index is 0.0769. The Bertz CT molecular complexity index is 137. The average molecular weight is 186 g/mol. The van der Waals surface area contributed by atoms with E-state index in [0.29, 0.717) is 6.04 Å². The van der Waals surface area contributed by atoms with Crippen LogP contribution in [-0.4, -0.2) is 30.0 Å². The Labute approximate surface area is 81.1 Å². The van der Waals surface area contributed by atoms with Crippen molar-refractivity contribution in [3.8, 4) is 0 Å². The zero-order chi connectivity index (χ0) is 10.3. The first kappa shape index (κ1) is 12.6. The molecule has 0 bridgehead atoms. The van der Waals surface area contributed by atoms with E-state index >= 15 is 0 Å². The Morgan fingerprint density at radius 2 is 1.85 bits per heavy atom. The highest BCUT2D eigenvalue weighted by atomic mass is 16.3. The lowest BCUT2D eigenvalue weighted by molar-refractivity contribution is 0.157. The first-order valence-electron chi connectivity index (χ1n) is 4.97. The first-order chi connectivity index (χ1) is 6.07. The summed E-state index contributed by atoms with van der Waals surface area (Å²) in [5.41, 5.74) is 5.68. The molecule has 0 aliphatic rings. The molecule has 0 radical (unpaired) electrons. The van der Waals surface area contributed by atoms with Gasteiger partial charge in [0.05, 0.1) is 6.10 Å². The van der Waals surface area contributed by atoms with Crippen molar-refractivity contribution in [2.45, 2.75) is 57.7 Å². The number of nitrogens with zero attached hydrogens (tertiary/aromatic N) is 1. The van der Waals surface area contributed by atoms with Gasteiger partial charge >= 0.3 is 0 Å². The summed E-state index contributed by atoms with van der Waals surface area (Å²) in [6.45, 7) is 7.28. The van der Waals surface area contributed by atoms with E-state index in [9.17, 15) is 0 Å². The van der Waals surface area contributed by atoms with Crippen molar-refractivity contribution in [3.05, 3.63) is 0 Å². The Hall–Kier alpha value is -0.410. The molecule has 3 heteroatoms. The number of hydrogen-bond donors (Lipinski definition) is 2. The van der Waals surface area contributed by atoms with Gasteiger partial charge in [0, 0.05) is 12.1 Å². The van der Waals surface area contributed by atoms with Crippen LogP contribution in [0.4, 0.5) is 0 Å². The molecule has 13 heavy (non-hydrogen) atoms. The van der Waals surface area contributed by atoms with E-state index in [4.69, 9.17) is 10.8 Å². The van der Waals surface area contributed by atoms with Gasteiger partial charge in [-0.1, -0.05) is 12.8 Å². The summed E-state index contributed by atoms with van der Waals surface area (Å²) in [5, 5.41) is 9.12. The predicted molar refractivity (Wildman–Crippen MR) is 57.1 cm³/mol. The molecule has 0 fully saturated rings. The highest BCUT2D eigenvalue weighted by Crippen LogP contribution is 2.08. The standard InChI is InChI=1S/C10H22N2O/c1-8(12-3)6-4-5-7-10(11)9(2)13/h8-10,13H,3-7,11H2,1-2H3. The minimum Gasteiger partial charge on any atom is -0.392 e. The van der Waals surface area contributed by atoms with Crippen LogP contribution in [0.5, 0.6) is 0 Å². The summed E-state index contributed by atoms with van der Waals surface area (Å²) in [7, 11) is 0. The van der Waals surface area contributed by atoms with Gasteiger partial charge in [0.15, 0.2) is 0 Å². The van der Waals surface area contributed by atoms with Gasteiger partial charge in [-0.25, -0.2) is 0 Å². The van der Waals surface area contributed by atoms with Crippen molar-refractivity contribution >= 4 is 6.72 Å². The zero-order valence-electron chi connectivity index (χ0n) is 8.74. The van der Waals surface area contributed by atoms with Crippen LogP contribution in [0.3, 0.4) is 0 Å². The lowest BCUT2D eigenvalue weighted by Crippen LogP contribution is -2.32. The summed E-state index contributed by atoms with van der Waals surface area (Å²) in [6, 6.07) is 0.273. The molecule has 0 spiro atoms. The predicted octanol–water partition coefficient (Wildman–Crippen LogP) is 1.34. The highest BCUT2D eigenvalue weighted by Gasteiger charge is 2.08. The van der Waals surface area contributed by atoms with E-state index < -0.39 is 6.10 Å². The summed E-state index contributed by atoms with van der Waals surface area (Å²) in [6.07, 6.45) is 3.74. The molecule has 3 nitrogen and oxygen atoms in total. The molecule has 0 saturated heterocycles. The van der Waals surface area contributed by atoms with E-state index in [0.717, 1.165) is 25.7 Å². The largest absolute Gasteiger partial charge is 0.392 e. The third-order valence-corrected chi connectivity index (χ3v) is 2.34. The van der Waals surface area contributed by atoms with Gasteiger partial charge in [0.25, 0.3) is 0 Å². The molecule has 0 heterocycles. The molecule has 3 unspecified atom stereocenters. The molecule has 0 aliphatic carbocycles.